The fourth-order valence-electron chi connectivity index (χ4n) is 2.88. The molecule has 0 saturated carbocycles. The van der Waals surface area contributed by atoms with Crippen molar-refractivity contribution in [2.24, 2.45) is 0 Å². The van der Waals surface area contributed by atoms with E-state index in [0.29, 0.717) is 10.6 Å². The third-order valence-electron chi connectivity index (χ3n) is 4.32. The first-order valence-electron chi connectivity index (χ1n) is 8.14. The molecular weight excluding hydrogens is 364 g/mol. The van der Waals surface area contributed by atoms with Crippen molar-refractivity contribution >= 4 is 17.4 Å². The summed E-state index contributed by atoms with van der Waals surface area (Å²) >= 11 is 5.86. The Balaban J connectivity index is 2.21. The zero-order valence-corrected chi connectivity index (χ0v) is 15.2. The quantitative estimate of drug-likeness (QED) is 0.702. The molecule has 0 aliphatic carbocycles. The Morgan fingerprint density at radius 3 is 2.37 bits per heavy atom. The summed E-state index contributed by atoms with van der Waals surface area (Å²) in [6.07, 6.45) is 0. The SMILES string of the molecule is Cc1c(C(=O)c2ccc(Cl)cc2)c(O)n(Cc2ccccc2)c(=O)c1C#N. The zero-order chi connectivity index (χ0) is 19.6. The average Bonchev–Trinajstić information content (AvgIpc) is 2.67. The van der Waals surface area contributed by atoms with Crippen molar-refractivity contribution in [3.8, 4) is 11.9 Å². The first kappa shape index (κ1) is 18.4. The molecule has 0 amide bonds. The maximum absolute atomic E-state index is 13.0. The summed E-state index contributed by atoms with van der Waals surface area (Å²) in [5, 5.41) is 20.6. The fourth-order valence-corrected chi connectivity index (χ4v) is 3.01. The molecule has 0 unspecified atom stereocenters. The van der Waals surface area contributed by atoms with Crippen molar-refractivity contribution < 1.29 is 9.90 Å². The summed E-state index contributed by atoms with van der Waals surface area (Å²) < 4.78 is 1.05. The van der Waals surface area contributed by atoms with Crippen molar-refractivity contribution in [1.82, 2.24) is 4.57 Å². The summed E-state index contributed by atoms with van der Waals surface area (Å²) in [5.41, 5.74) is 0.345. The Morgan fingerprint density at radius 2 is 1.78 bits per heavy atom. The first-order valence-corrected chi connectivity index (χ1v) is 8.52. The van der Waals surface area contributed by atoms with E-state index >= 15 is 0 Å². The van der Waals surface area contributed by atoms with Gasteiger partial charge >= 0.3 is 0 Å². The van der Waals surface area contributed by atoms with Crippen LogP contribution >= 0.6 is 11.6 Å². The van der Waals surface area contributed by atoms with E-state index in [2.05, 4.69) is 0 Å². The number of carbonyl (C=O) groups is 1. The van der Waals surface area contributed by atoms with E-state index in [1.807, 2.05) is 12.1 Å². The smallest absolute Gasteiger partial charge is 0.271 e. The standard InChI is InChI=1S/C21H15ClN2O3/c1-13-17(11-23)20(26)24(12-14-5-3-2-4-6-14)21(27)18(13)19(25)15-7-9-16(22)10-8-15/h2-10,27H,12H2,1H3. The van der Waals surface area contributed by atoms with E-state index in [1.165, 1.54) is 19.1 Å². The van der Waals surface area contributed by atoms with Crippen molar-refractivity contribution in [3.63, 3.8) is 0 Å². The van der Waals surface area contributed by atoms with Gasteiger partial charge in [0, 0.05) is 10.6 Å². The molecule has 3 aromatic rings. The second-order valence-corrected chi connectivity index (χ2v) is 6.46. The summed E-state index contributed by atoms with van der Waals surface area (Å²) in [4.78, 5) is 25.6. The highest BCUT2D eigenvalue weighted by molar-refractivity contribution is 6.30. The van der Waals surface area contributed by atoms with Crippen molar-refractivity contribution in [2.45, 2.75) is 13.5 Å². The zero-order valence-electron chi connectivity index (χ0n) is 14.4. The Kier molecular flexibility index (Phi) is 5.11. The number of aromatic nitrogens is 1. The Morgan fingerprint density at radius 1 is 1.15 bits per heavy atom. The first-order chi connectivity index (χ1) is 12.9. The van der Waals surface area contributed by atoms with Gasteiger partial charge in [-0.1, -0.05) is 41.9 Å². The van der Waals surface area contributed by atoms with Crippen LogP contribution in [0.25, 0.3) is 0 Å². The van der Waals surface area contributed by atoms with E-state index in [9.17, 15) is 20.0 Å². The number of carbonyl (C=O) groups excluding carboxylic acids is 1. The summed E-state index contributed by atoms with van der Waals surface area (Å²) in [5.74, 6) is -0.944. The summed E-state index contributed by atoms with van der Waals surface area (Å²) in [6, 6.07) is 17.1. The topological polar surface area (TPSA) is 83.1 Å². The van der Waals surface area contributed by atoms with E-state index in [1.54, 1.807) is 36.4 Å². The predicted molar refractivity (Wildman–Crippen MR) is 102 cm³/mol. The second kappa shape index (κ2) is 7.48. The van der Waals surface area contributed by atoms with Crippen molar-refractivity contribution in [2.75, 3.05) is 0 Å². The van der Waals surface area contributed by atoms with Crippen LogP contribution < -0.4 is 5.56 Å². The van der Waals surface area contributed by atoms with Gasteiger partial charge in [0.2, 0.25) is 5.88 Å². The largest absolute Gasteiger partial charge is 0.494 e. The van der Waals surface area contributed by atoms with Gasteiger partial charge in [-0.3, -0.25) is 14.2 Å². The highest BCUT2D eigenvalue weighted by Gasteiger charge is 2.24. The number of halogens is 1. The molecule has 1 aromatic heterocycles. The molecule has 3 rings (SSSR count). The lowest BCUT2D eigenvalue weighted by Crippen LogP contribution is -2.27. The van der Waals surface area contributed by atoms with Crippen LogP contribution in [-0.4, -0.2) is 15.5 Å². The van der Waals surface area contributed by atoms with Gasteiger partial charge < -0.3 is 5.11 Å². The molecule has 27 heavy (non-hydrogen) atoms. The molecule has 0 bridgehead atoms. The number of hydrogen-bond donors (Lipinski definition) is 1. The number of rotatable bonds is 4. The molecule has 0 radical (unpaired) electrons. The lowest BCUT2D eigenvalue weighted by Gasteiger charge is -2.15. The fraction of sp³-hybridized carbons (Fsp3) is 0.0952. The highest BCUT2D eigenvalue weighted by Crippen LogP contribution is 2.26. The monoisotopic (exact) mass is 378 g/mol. The van der Waals surface area contributed by atoms with Gasteiger partial charge in [-0.05, 0) is 42.3 Å². The van der Waals surface area contributed by atoms with Crippen LogP contribution in [0.2, 0.25) is 5.02 Å². The molecule has 2 aromatic carbocycles. The average molecular weight is 379 g/mol. The highest BCUT2D eigenvalue weighted by atomic mass is 35.5. The Labute approximate surface area is 160 Å². The minimum Gasteiger partial charge on any atom is -0.494 e. The lowest BCUT2D eigenvalue weighted by molar-refractivity contribution is 0.103. The second-order valence-electron chi connectivity index (χ2n) is 6.02. The van der Waals surface area contributed by atoms with Crippen LogP contribution in [0.1, 0.15) is 32.6 Å². The molecule has 1 N–H and O–H groups in total. The normalized spacial score (nSPS) is 10.4. The maximum Gasteiger partial charge on any atom is 0.271 e. The minimum absolute atomic E-state index is 0.0430. The number of pyridine rings is 1. The van der Waals surface area contributed by atoms with Gasteiger partial charge in [0.15, 0.2) is 5.78 Å². The third kappa shape index (κ3) is 3.48. The van der Waals surface area contributed by atoms with Gasteiger partial charge in [-0.25, -0.2) is 0 Å². The van der Waals surface area contributed by atoms with E-state index in [0.717, 1.165) is 10.1 Å². The lowest BCUT2D eigenvalue weighted by atomic mass is 9.97. The van der Waals surface area contributed by atoms with E-state index < -0.39 is 17.2 Å². The summed E-state index contributed by atoms with van der Waals surface area (Å²) in [7, 11) is 0. The molecule has 0 fully saturated rings. The molecule has 5 nitrogen and oxygen atoms in total. The van der Waals surface area contributed by atoms with Gasteiger partial charge in [-0.15, -0.1) is 0 Å². The van der Waals surface area contributed by atoms with Crippen LogP contribution in [0, 0.1) is 18.3 Å². The van der Waals surface area contributed by atoms with Crippen molar-refractivity contribution in [3.05, 3.63) is 97.8 Å². The number of nitrogens with zero attached hydrogens (tertiary/aromatic N) is 2. The van der Waals surface area contributed by atoms with Crippen LogP contribution in [0.4, 0.5) is 0 Å². The van der Waals surface area contributed by atoms with Crippen LogP contribution in [0.3, 0.4) is 0 Å². The Bertz CT molecular complexity index is 1110. The molecule has 134 valence electrons. The molecule has 0 atom stereocenters. The molecule has 1 heterocycles. The molecule has 0 aliphatic heterocycles. The van der Waals surface area contributed by atoms with Gasteiger partial charge in [0.05, 0.1) is 12.1 Å². The molecule has 0 aliphatic rings. The van der Waals surface area contributed by atoms with Gasteiger partial charge in [-0.2, -0.15) is 5.26 Å². The van der Waals surface area contributed by atoms with E-state index in [4.69, 9.17) is 11.6 Å². The van der Waals surface area contributed by atoms with E-state index in [-0.39, 0.29) is 23.2 Å². The summed E-state index contributed by atoms with van der Waals surface area (Å²) in [6.45, 7) is 1.52. The Hall–Kier alpha value is -3.36. The number of hydrogen-bond acceptors (Lipinski definition) is 4. The number of aromatic hydroxyl groups is 1. The van der Waals surface area contributed by atoms with Crippen LogP contribution in [0.5, 0.6) is 5.88 Å². The van der Waals surface area contributed by atoms with Crippen LogP contribution in [-0.2, 0) is 6.54 Å². The maximum atomic E-state index is 13.0. The molecule has 0 spiro atoms. The van der Waals surface area contributed by atoms with Gasteiger partial charge in [0.1, 0.15) is 11.6 Å². The number of nitriles is 1. The number of benzene rings is 2. The number of ketones is 1. The molecule has 6 heteroatoms. The third-order valence-corrected chi connectivity index (χ3v) is 4.57. The predicted octanol–water partition coefficient (Wildman–Crippen LogP) is 3.67. The molecule has 0 saturated heterocycles. The molecular formula is C21H15ClN2O3. The van der Waals surface area contributed by atoms with Crippen LogP contribution in [0.15, 0.2) is 59.4 Å². The van der Waals surface area contributed by atoms with Gasteiger partial charge in [0.25, 0.3) is 5.56 Å². The minimum atomic E-state index is -0.635. The van der Waals surface area contributed by atoms with Crippen molar-refractivity contribution in [1.29, 1.82) is 5.26 Å².